The van der Waals surface area contributed by atoms with Crippen LogP contribution in [0.4, 0.5) is 0 Å². The van der Waals surface area contributed by atoms with E-state index in [0.717, 1.165) is 69.6 Å². The standard InChI is InChI=1S/C25H32N6O/c1-2-30(16-18-6-10-26-11-7-18)17-21-22(29-24-23(21)27-12-13-28-24)19-8-14-31(15-9-19)25(32)20-4-3-5-20/h6-7,10-13,19-20H,2-5,8-9,14-17H2,1H3,(H,28,29). The summed E-state index contributed by atoms with van der Waals surface area (Å²) in [6.07, 6.45) is 12.6. The van der Waals surface area contributed by atoms with Gasteiger partial charge in [-0.25, -0.2) is 4.98 Å². The summed E-state index contributed by atoms with van der Waals surface area (Å²) >= 11 is 0. The number of nitrogens with zero attached hydrogens (tertiary/aromatic N) is 5. The first-order chi connectivity index (χ1) is 15.7. The Hall–Kier alpha value is -2.80. The van der Waals surface area contributed by atoms with Crippen molar-refractivity contribution in [1.82, 2.24) is 29.7 Å². The second kappa shape index (κ2) is 9.36. The van der Waals surface area contributed by atoms with E-state index < -0.39 is 0 Å². The minimum Gasteiger partial charge on any atom is -0.342 e. The zero-order chi connectivity index (χ0) is 21.9. The van der Waals surface area contributed by atoms with Gasteiger partial charge in [0.25, 0.3) is 0 Å². The zero-order valence-corrected chi connectivity index (χ0v) is 18.8. The van der Waals surface area contributed by atoms with Crippen molar-refractivity contribution >= 4 is 17.1 Å². The summed E-state index contributed by atoms with van der Waals surface area (Å²) in [5.41, 5.74) is 5.62. The number of aromatic nitrogens is 4. The summed E-state index contributed by atoms with van der Waals surface area (Å²) < 4.78 is 0. The average Bonchev–Trinajstić information content (AvgIpc) is 3.16. The lowest BCUT2D eigenvalue weighted by molar-refractivity contribution is -0.139. The lowest BCUT2D eigenvalue weighted by Gasteiger charge is -2.36. The van der Waals surface area contributed by atoms with Gasteiger partial charge in [-0.1, -0.05) is 13.3 Å². The van der Waals surface area contributed by atoms with Gasteiger partial charge in [-0.15, -0.1) is 0 Å². The molecule has 0 spiro atoms. The highest BCUT2D eigenvalue weighted by Gasteiger charge is 2.33. The number of hydrogen-bond donors (Lipinski definition) is 1. The van der Waals surface area contributed by atoms with Crippen molar-refractivity contribution in [1.29, 1.82) is 0 Å². The Labute approximate surface area is 189 Å². The topological polar surface area (TPSA) is 78.0 Å². The minimum absolute atomic E-state index is 0.287. The first-order valence-corrected chi connectivity index (χ1v) is 11.9. The smallest absolute Gasteiger partial charge is 0.225 e. The maximum Gasteiger partial charge on any atom is 0.225 e. The Kier molecular flexibility index (Phi) is 6.17. The highest BCUT2D eigenvalue weighted by molar-refractivity contribution is 5.80. The molecule has 2 fully saturated rings. The van der Waals surface area contributed by atoms with Crippen LogP contribution in [0.1, 0.15) is 61.8 Å². The van der Waals surface area contributed by atoms with E-state index in [1.54, 1.807) is 12.4 Å². The monoisotopic (exact) mass is 432 g/mol. The number of fused-ring (bicyclic) bond motifs is 1. The fourth-order valence-corrected chi connectivity index (χ4v) is 5.04. The first kappa shape index (κ1) is 21.1. The molecule has 1 N–H and O–H groups in total. The molecule has 0 atom stereocenters. The number of rotatable bonds is 7. The molecular weight excluding hydrogens is 400 g/mol. The predicted molar refractivity (Wildman–Crippen MR) is 124 cm³/mol. The summed E-state index contributed by atoms with van der Waals surface area (Å²) in [7, 11) is 0. The molecule has 2 aliphatic rings. The molecular formula is C25H32N6O. The van der Waals surface area contributed by atoms with Gasteiger partial charge in [0.2, 0.25) is 5.91 Å². The number of likely N-dealkylation sites (tertiary alicyclic amines) is 1. The molecule has 3 aromatic rings. The van der Waals surface area contributed by atoms with Gasteiger partial charge in [-0.3, -0.25) is 19.7 Å². The molecule has 0 radical (unpaired) electrons. The van der Waals surface area contributed by atoms with Crippen LogP contribution in [0.25, 0.3) is 11.2 Å². The molecule has 0 bridgehead atoms. The third-order valence-electron chi connectivity index (χ3n) is 7.22. The molecule has 5 rings (SSSR count). The molecule has 7 nitrogen and oxygen atoms in total. The number of nitrogens with one attached hydrogen (secondary N) is 1. The number of carbonyl (C=O) groups is 1. The van der Waals surface area contributed by atoms with E-state index in [2.05, 4.69) is 48.8 Å². The van der Waals surface area contributed by atoms with E-state index in [0.29, 0.717) is 11.8 Å². The molecule has 1 saturated carbocycles. The fourth-order valence-electron chi connectivity index (χ4n) is 5.04. The van der Waals surface area contributed by atoms with Crippen molar-refractivity contribution in [3.8, 4) is 0 Å². The van der Waals surface area contributed by atoms with E-state index >= 15 is 0 Å². The van der Waals surface area contributed by atoms with E-state index in [1.807, 2.05) is 12.4 Å². The lowest BCUT2D eigenvalue weighted by Crippen LogP contribution is -2.43. The van der Waals surface area contributed by atoms with Gasteiger partial charge in [0, 0.05) is 74.1 Å². The summed E-state index contributed by atoms with van der Waals surface area (Å²) in [5, 5.41) is 0. The van der Waals surface area contributed by atoms with Crippen LogP contribution in [0.15, 0.2) is 36.9 Å². The maximum atomic E-state index is 12.7. The van der Waals surface area contributed by atoms with Crippen molar-refractivity contribution in [2.75, 3.05) is 19.6 Å². The minimum atomic E-state index is 0.287. The van der Waals surface area contributed by atoms with E-state index in [1.165, 1.54) is 23.2 Å². The van der Waals surface area contributed by atoms with Crippen molar-refractivity contribution in [2.45, 2.75) is 58.0 Å². The fraction of sp³-hybridized carbons (Fsp3) is 0.520. The Bertz CT molecular complexity index is 1050. The average molecular weight is 433 g/mol. The van der Waals surface area contributed by atoms with E-state index in [9.17, 15) is 4.79 Å². The summed E-state index contributed by atoms with van der Waals surface area (Å²) in [4.78, 5) is 34.2. The number of amides is 1. The largest absolute Gasteiger partial charge is 0.342 e. The number of carbonyl (C=O) groups excluding carboxylic acids is 1. The van der Waals surface area contributed by atoms with Crippen LogP contribution in [-0.4, -0.2) is 55.3 Å². The highest BCUT2D eigenvalue weighted by Crippen LogP contribution is 2.35. The molecule has 0 unspecified atom stereocenters. The number of hydrogen-bond acceptors (Lipinski definition) is 5. The molecule has 32 heavy (non-hydrogen) atoms. The number of pyridine rings is 1. The second-order valence-electron chi connectivity index (χ2n) is 9.16. The van der Waals surface area contributed by atoms with Gasteiger partial charge in [0.05, 0.1) is 0 Å². The molecule has 168 valence electrons. The molecule has 3 aromatic heterocycles. The van der Waals surface area contributed by atoms with Crippen LogP contribution in [0.2, 0.25) is 0 Å². The quantitative estimate of drug-likeness (QED) is 0.613. The van der Waals surface area contributed by atoms with Gasteiger partial charge in [-0.2, -0.15) is 0 Å². The Morgan fingerprint density at radius 2 is 1.81 bits per heavy atom. The third kappa shape index (κ3) is 4.26. The number of H-pyrrole nitrogens is 1. The number of aromatic amines is 1. The second-order valence-corrected chi connectivity index (χ2v) is 9.16. The maximum absolute atomic E-state index is 12.7. The van der Waals surface area contributed by atoms with E-state index in [-0.39, 0.29) is 5.92 Å². The SMILES string of the molecule is CCN(Cc1ccncc1)Cc1c(C2CCN(C(=O)C3CCC3)CC2)[nH]c2nccnc12. The third-order valence-corrected chi connectivity index (χ3v) is 7.22. The van der Waals surface area contributed by atoms with Crippen molar-refractivity contribution in [2.24, 2.45) is 5.92 Å². The Morgan fingerprint density at radius 1 is 1.06 bits per heavy atom. The molecule has 7 heteroatoms. The summed E-state index contributed by atoms with van der Waals surface area (Å²) in [6.45, 7) is 6.55. The zero-order valence-electron chi connectivity index (χ0n) is 18.8. The van der Waals surface area contributed by atoms with E-state index in [4.69, 9.17) is 0 Å². The Morgan fingerprint density at radius 3 is 2.50 bits per heavy atom. The molecule has 1 amide bonds. The van der Waals surface area contributed by atoms with Crippen LogP contribution >= 0.6 is 0 Å². The van der Waals surface area contributed by atoms with Crippen LogP contribution in [-0.2, 0) is 17.9 Å². The molecule has 1 aliphatic carbocycles. The van der Waals surface area contributed by atoms with Crippen LogP contribution < -0.4 is 0 Å². The Balaban J connectivity index is 1.35. The van der Waals surface area contributed by atoms with Gasteiger partial charge in [0.15, 0.2) is 5.65 Å². The van der Waals surface area contributed by atoms with Gasteiger partial charge in [0.1, 0.15) is 5.52 Å². The molecule has 4 heterocycles. The summed E-state index contributed by atoms with van der Waals surface area (Å²) in [6, 6.07) is 4.15. The predicted octanol–water partition coefficient (Wildman–Crippen LogP) is 3.88. The van der Waals surface area contributed by atoms with Crippen molar-refractivity contribution < 1.29 is 4.79 Å². The van der Waals surface area contributed by atoms with Crippen LogP contribution in [0.5, 0.6) is 0 Å². The highest BCUT2D eigenvalue weighted by atomic mass is 16.2. The first-order valence-electron chi connectivity index (χ1n) is 11.9. The van der Waals surface area contributed by atoms with Gasteiger partial charge in [-0.05, 0) is 49.9 Å². The molecule has 1 aliphatic heterocycles. The summed E-state index contributed by atoms with van der Waals surface area (Å²) in [5.74, 6) is 1.07. The van der Waals surface area contributed by atoms with Crippen LogP contribution in [0.3, 0.4) is 0 Å². The van der Waals surface area contributed by atoms with Gasteiger partial charge < -0.3 is 9.88 Å². The van der Waals surface area contributed by atoms with Crippen molar-refractivity contribution in [3.63, 3.8) is 0 Å². The lowest BCUT2D eigenvalue weighted by atomic mass is 9.83. The normalized spacial score (nSPS) is 17.8. The molecule has 0 aromatic carbocycles. The van der Waals surface area contributed by atoms with Gasteiger partial charge >= 0.3 is 0 Å². The molecule has 1 saturated heterocycles. The number of piperidine rings is 1. The van der Waals surface area contributed by atoms with Crippen LogP contribution in [0, 0.1) is 5.92 Å². The van der Waals surface area contributed by atoms with Crippen molar-refractivity contribution in [3.05, 3.63) is 53.7 Å².